The van der Waals surface area contributed by atoms with E-state index in [4.69, 9.17) is 10.5 Å². The van der Waals surface area contributed by atoms with Crippen molar-refractivity contribution in [3.05, 3.63) is 40.6 Å². The minimum absolute atomic E-state index is 0.0947. The monoisotopic (exact) mass is 326 g/mol. The number of nitrogens with two attached hydrogens (primary N) is 1. The SMILES string of the molecule is COc1cc(N)ccc1S(=O)(=O)NC(C)Cc1cccs1. The number of sulfonamides is 1. The first-order chi connectivity index (χ1) is 9.92. The van der Waals surface area contributed by atoms with E-state index in [1.807, 2.05) is 24.4 Å². The van der Waals surface area contributed by atoms with Crippen LogP contribution in [0.1, 0.15) is 11.8 Å². The van der Waals surface area contributed by atoms with Gasteiger partial charge in [0.1, 0.15) is 10.6 Å². The van der Waals surface area contributed by atoms with Crippen molar-refractivity contribution in [2.45, 2.75) is 24.3 Å². The Balaban J connectivity index is 2.18. The van der Waals surface area contributed by atoms with E-state index in [0.717, 1.165) is 4.88 Å². The first-order valence-electron chi connectivity index (χ1n) is 6.40. The van der Waals surface area contributed by atoms with E-state index in [1.54, 1.807) is 17.4 Å². The number of hydrogen-bond acceptors (Lipinski definition) is 5. The predicted octanol–water partition coefficient (Wildman–Crippen LogP) is 2.25. The molecule has 1 aromatic heterocycles. The van der Waals surface area contributed by atoms with E-state index >= 15 is 0 Å². The lowest BCUT2D eigenvalue weighted by Gasteiger charge is -2.15. The third-order valence-electron chi connectivity index (χ3n) is 2.92. The predicted molar refractivity (Wildman–Crippen MR) is 85.2 cm³/mol. The van der Waals surface area contributed by atoms with Crippen molar-refractivity contribution < 1.29 is 13.2 Å². The summed E-state index contributed by atoms with van der Waals surface area (Å²) >= 11 is 1.61. The Morgan fingerprint density at radius 1 is 1.38 bits per heavy atom. The molecule has 0 aliphatic carbocycles. The van der Waals surface area contributed by atoms with Gasteiger partial charge < -0.3 is 10.5 Å². The zero-order valence-corrected chi connectivity index (χ0v) is 13.5. The van der Waals surface area contributed by atoms with Gasteiger partial charge in [0.25, 0.3) is 0 Å². The zero-order valence-electron chi connectivity index (χ0n) is 11.9. The molecule has 0 amide bonds. The molecule has 7 heteroatoms. The van der Waals surface area contributed by atoms with Gasteiger partial charge in [-0.2, -0.15) is 0 Å². The molecule has 1 aromatic carbocycles. The van der Waals surface area contributed by atoms with Crippen molar-refractivity contribution in [1.29, 1.82) is 0 Å². The summed E-state index contributed by atoms with van der Waals surface area (Å²) in [7, 11) is -2.23. The molecule has 3 N–H and O–H groups in total. The maximum absolute atomic E-state index is 12.4. The third-order valence-corrected chi connectivity index (χ3v) is 5.45. The molecule has 1 heterocycles. The first-order valence-corrected chi connectivity index (χ1v) is 8.77. The lowest BCUT2D eigenvalue weighted by atomic mass is 10.2. The van der Waals surface area contributed by atoms with E-state index in [0.29, 0.717) is 12.1 Å². The van der Waals surface area contributed by atoms with E-state index in [9.17, 15) is 8.42 Å². The minimum atomic E-state index is -3.65. The molecule has 0 bridgehead atoms. The molecule has 0 saturated heterocycles. The minimum Gasteiger partial charge on any atom is -0.495 e. The molecular formula is C14H18N2O3S2. The van der Waals surface area contributed by atoms with Gasteiger partial charge in [-0.3, -0.25) is 0 Å². The molecule has 1 atom stereocenters. The Morgan fingerprint density at radius 2 is 2.14 bits per heavy atom. The number of hydrogen-bond donors (Lipinski definition) is 2. The second-order valence-electron chi connectivity index (χ2n) is 4.72. The molecule has 21 heavy (non-hydrogen) atoms. The van der Waals surface area contributed by atoms with Gasteiger partial charge in [-0.25, -0.2) is 13.1 Å². The van der Waals surface area contributed by atoms with Crippen LogP contribution in [0.2, 0.25) is 0 Å². The van der Waals surface area contributed by atoms with Crippen LogP contribution >= 0.6 is 11.3 Å². The van der Waals surface area contributed by atoms with Gasteiger partial charge in [-0.15, -0.1) is 11.3 Å². The number of benzene rings is 1. The average Bonchev–Trinajstić information content (AvgIpc) is 2.90. The Morgan fingerprint density at radius 3 is 2.76 bits per heavy atom. The molecule has 1 unspecified atom stereocenters. The summed E-state index contributed by atoms with van der Waals surface area (Å²) in [5.74, 6) is 0.242. The number of ether oxygens (including phenoxy) is 1. The first kappa shape index (κ1) is 15.8. The molecule has 2 aromatic rings. The van der Waals surface area contributed by atoms with Gasteiger partial charge >= 0.3 is 0 Å². The van der Waals surface area contributed by atoms with Gasteiger partial charge in [0.2, 0.25) is 10.0 Å². The molecule has 114 valence electrons. The van der Waals surface area contributed by atoms with Crippen LogP contribution in [0.4, 0.5) is 5.69 Å². The maximum Gasteiger partial charge on any atom is 0.244 e. The van der Waals surface area contributed by atoms with Crippen LogP contribution in [-0.2, 0) is 16.4 Å². The van der Waals surface area contributed by atoms with Gasteiger partial charge in [0.05, 0.1) is 7.11 Å². The summed E-state index contributed by atoms with van der Waals surface area (Å²) in [5.41, 5.74) is 6.10. The van der Waals surface area contributed by atoms with Gasteiger partial charge in [0, 0.05) is 22.7 Å². The van der Waals surface area contributed by atoms with Gasteiger partial charge in [-0.05, 0) is 36.9 Å². The summed E-state index contributed by atoms with van der Waals surface area (Å²) in [5, 5.41) is 1.97. The fraction of sp³-hybridized carbons (Fsp3) is 0.286. The normalized spacial score (nSPS) is 13.0. The lowest BCUT2D eigenvalue weighted by molar-refractivity contribution is 0.402. The molecule has 0 aliphatic rings. The van der Waals surface area contributed by atoms with Crippen molar-refractivity contribution in [2.75, 3.05) is 12.8 Å². The van der Waals surface area contributed by atoms with Crippen LogP contribution in [0.15, 0.2) is 40.6 Å². The van der Waals surface area contributed by atoms with Crippen LogP contribution in [0.25, 0.3) is 0 Å². The Hall–Kier alpha value is -1.57. The second-order valence-corrected chi connectivity index (χ2v) is 7.43. The Kier molecular flexibility index (Phi) is 4.87. The molecular weight excluding hydrogens is 308 g/mol. The summed E-state index contributed by atoms with van der Waals surface area (Å²) in [6.45, 7) is 1.83. The number of thiophene rings is 1. The molecule has 0 aliphatic heterocycles. The summed E-state index contributed by atoms with van der Waals surface area (Å²) in [4.78, 5) is 1.23. The molecule has 0 spiro atoms. The second kappa shape index (κ2) is 6.46. The maximum atomic E-state index is 12.4. The highest BCUT2D eigenvalue weighted by atomic mass is 32.2. The highest BCUT2D eigenvalue weighted by Gasteiger charge is 2.22. The molecule has 0 radical (unpaired) electrons. The van der Waals surface area contributed by atoms with Crippen LogP contribution < -0.4 is 15.2 Å². The van der Waals surface area contributed by atoms with Crippen molar-refractivity contribution in [3.63, 3.8) is 0 Å². The standard InChI is InChI=1S/C14H18N2O3S2/c1-10(8-12-4-3-7-20-12)16-21(17,18)14-6-5-11(15)9-13(14)19-2/h3-7,9-10,16H,8,15H2,1-2H3. The quantitative estimate of drug-likeness (QED) is 0.798. The summed E-state index contributed by atoms with van der Waals surface area (Å²) < 4.78 is 32.6. The average molecular weight is 326 g/mol. The topological polar surface area (TPSA) is 81.4 Å². The van der Waals surface area contributed by atoms with E-state index < -0.39 is 10.0 Å². The van der Waals surface area contributed by atoms with Gasteiger partial charge in [-0.1, -0.05) is 6.07 Å². The highest BCUT2D eigenvalue weighted by molar-refractivity contribution is 7.89. The smallest absolute Gasteiger partial charge is 0.244 e. The number of anilines is 1. The molecule has 5 nitrogen and oxygen atoms in total. The van der Waals surface area contributed by atoms with Crippen LogP contribution in [0.3, 0.4) is 0 Å². The highest BCUT2D eigenvalue weighted by Crippen LogP contribution is 2.26. The molecule has 2 rings (SSSR count). The fourth-order valence-corrected chi connectivity index (χ4v) is 4.24. The lowest BCUT2D eigenvalue weighted by Crippen LogP contribution is -2.34. The van der Waals surface area contributed by atoms with Crippen molar-refractivity contribution >= 4 is 27.0 Å². The zero-order chi connectivity index (χ0) is 15.5. The largest absolute Gasteiger partial charge is 0.495 e. The van der Waals surface area contributed by atoms with Crippen LogP contribution in [0.5, 0.6) is 5.75 Å². The Labute approximate surface area is 128 Å². The molecule has 0 fully saturated rings. The number of nitrogens with one attached hydrogen (secondary N) is 1. The number of nitrogen functional groups attached to an aromatic ring is 1. The van der Waals surface area contributed by atoms with Gasteiger partial charge in [0.15, 0.2) is 0 Å². The number of methoxy groups -OCH3 is 1. The summed E-state index contributed by atoms with van der Waals surface area (Å²) in [6, 6.07) is 8.22. The van der Waals surface area contributed by atoms with E-state index in [-0.39, 0.29) is 16.7 Å². The van der Waals surface area contributed by atoms with E-state index in [2.05, 4.69) is 4.72 Å². The van der Waals surface area contributed by atoms with Crippen molar-refractivity contribution in [2.24, 2.45) is 0 Å². The fourth-order valence-electron chi connectivity index (χ4n) is 2.01. The summed E-state index contributed by atoms with van der Waals surface area (Å²) in [6.07, 6.45) is 0.647. The van der Waals surface area contributed by atoms with Crippen molar-refractivity contribution in [3.8, 4) is 5.75 Å². The molecule has 0 saturated carbocycles. The van der Waals surface area contributed by atoms with Crippen LogP contribution in [-0.4, -0.2) is 21.6 Å². The third kappa shape index (κ3) is 3.96. The Bertz CT molecular complexity index is 697. The number of rotatable bonds is 6. The van der Waals surface area contributed by atoms with Crippen molar-refractivity contribution in [1.82, 2.24) is 4.72 Å². The van der Waals surface area contributed by atoms with Crippen LogP contribution in [0, 0.1) is 0 Å². The van der Waals surface area contributed by atoms with E-state index in [1.165, 1.54) is 19.2 Å².